The number of aromatic nitrogens is 2. The third-order valence-electron chi connectivity index (χ3n) is 5.12. The molecule has 0 fully saturated rings. The van der Waals surface area contributed by atoms with Gasteiger partial charge in [-0.25, -0.2) is 4.98 Å². The number of benzene rings is 1. The van der Waals surface area contributed by atoms with Gasteiger partial charge in [0.05, 0.1) is 5.52 Å². The maximum atomic E-state index is 12.8. The molecule has 0 aliphatic carbocycles. The zero-order chi connectivity index (χ0) is 22.1. The molecule has 0 saturated heterocycles. The van der Waals surface area contributed by atoms with Gasteiger partial charge >= 0.3 is 0 Å². The Labute approximate surface area is 183 Å². The van der Waals surface area contributed by atoms with E-state index in [1.807, 2.05) is 54.1 Å². The number of thiophene rings is 1. The summed E-state index contributed by atoms with van der Waals surface area (Å²) in [4.78, 5) is 32.5. The summed E-state index contributed by atoms with van der Waals surface area (Å²) in [6.07, 6.45) is 1.73. The molecule has 0 spiro atoms. The summed E-state index contributed by atoms with van der Waals surface area (Å²) in [6, 6.07) is 13.6. The van der Waals surface area contributed by atoms with Crippen LogP contribution < -0.4 is 0 Å². The molecule has 1 aliphatic heterocycles. The predicted molar refractivity (Wildman–Crippen MR) is 120 cm³/mol. The van der Waals surface area contributed by atoms with Crippen LogP contribution in [0.3, 0.4) is 0 Å². The molecule has 6 nitrogen and oxygen atoms in total. The van der Waals surface area contributed by atoms with Crippen molar-refractivity contribution in [3.8, 4) is 17.9 Å². The largest absolute Gasteiger partial charge is 0.320 e. The van der Waals surface area contributed by atoms with E-state index in [-0.39, 0.29) is 18.0 Å². The van der Waals surface area contributed by atoms with Gasteiger partial charge in [-0.15, -0.1) is 11.3 Å². The highest BCUT2D eigenvalue weighted by atomic mass is 32.1. The van der Waals surface area contributed by atoms with Crippen molar-refractivity contribution in [3.63, 3.8) is 0 Å². The molecule has 3 aromatic rings. The molecule has 0 N–H and O–H groups in total. The van der Waals surface area contributed by atoms with Crippen LogP contribution in [0.5, 0.6) is 0 Å². The Balaban J connectivity index is 1.73. The molecule has 0 atom stereocenters. The molecular formula is C24H18N4O2S. The second-order valence-electron chi connectivity index (χ2n) is 6.97. The number of hydrogen-bond donors (Lipinski definition) is 0. The van der Waals surface area contributed by atoms with E-state index in [0.717, 1.165) is 25.7 Å². The maximum Gasteiger partial charge on any atom is 0.271 e. The summed E-state index contributed by atoms with van der Waals surface area (Å²) >= 11 is 1.43. The number of carbonyl (C=O) groups is 2. The Morgan fingerprint density at radius 2 is 1.90 bits per heavy atom. The first kappa shape index (κ1) is 20.3. The van der Waals surface area contributed by atoms with E-state index in [9.17, 15) is 14.9 Å². The smallest absolute Gasteiger partial charge is 0.271 e. The molecule has 152 valence electrons. The normalized spacial score (nSPS) is 15.4. The number of likely N-dealkylation sites (N-methyl/N-ethyl adjacent to an activating group) is 1. The van der Waals surface area contributed by atoms with Crippen molar-refractivity contribution in [1.29, 1.82) is 5.26 Å². The minimum Gasteiger partial charge on any atom is -0.320 e. The minimum absolute atomic E-state index is 0.00501. The van der Waals surface area contributed by atoms with Crippen LogP contribution in [0.25, 0.3) is 16.4 Å². The standard InChI is InChI=1S/C24H18N4O2S/c1-4-28-23(29)18(15(2)19(14-25)24(28)30)12-17-13-20-22(31-17)26-21(27(20)3)11-10-16-8-6-5-7-9-16/h5-9,12-13H,4H2,1-3H3/b18-12-. The highest BCUT2D eigenvalue weighted by molar-refractivity contribution is 7.19. The number of rotatable bonds is 2. The Morgan fingerprint density at radius 3 is 2.55 bits per heavy atom. The van der Waals surface area contributed by atoms with Crippen LogP contribution in [0.4, 0.5) is 0 Å². The van der Waals surface area contributed by atoms with Gasteiger partial charge in [-0.1, -0.05) is 24.1 Å². The monoisotopic (exact) mass is 426 g/mol. The van der Waals surface area contributed by atoms with E-state index in [1.165, 1.54) is 11.3 Å². The van der Waals surface area contributed by atoms with Crippen LogP contribution >= 0.6 is 11.3 Å². The van der Waals surface area contributed by atoms with Crippen molar-refractivity contribution in [2.24, 2.45) is 7.05 Å². The van der Waals surface area contributed by atoms with Crippen LogP contribution in [0, 0.1) is 23.2 Å². The number of imidazole rings is 1. The third kappa shape index (κ3) is 3.56. The van der Waals surface area contributed by atoms with Gasteiger partial charge in [-0.05, 0) is 49.6 Å². The minimum atomic E-state index is -0.538. The Morgan fingerprint density at radius 1 is 1.16 bits per heavy atom. The average Bonchev–Trinajstić information content (AvgIpc) is 3.29. The van der Waals surface area contributed by atoms with Crippen molar-refractivity contribution in [2.75, 3.05) is 6.54 Å². The molecule has 0 unspecified atom stereocenters. The molecule has 0 saturated carbocycles. The average molecular weight is 427 g/mol. The second kappa shape index (κ2) is 8.06. The molecule has 1 aliphatic rings. The van der Waals surface area contributed by atoms with Crippen molar-refractivity contribution in [2.45, 2.75) is 13.8 Å². The van der Waals surface area contributed by atoms with Crippen LogP contribution in [-0.4, -0.2) is 32.8 Å². The highest BCUT2D eigenvalue weighted by Crippen LogP contribution is 2.31. The fourth-order valence-corrected chi connectivity index (χ4v) is 4.39. The first-order chi connectivity index (χ1) is 14.9. The molecule has 31 heavy (non-hydrogen) atoms. The number of hydrogen-bond acceptors (Lipinski definition) is 5. The number of aryl methyl sites for hydroxylation is 1. The summed E-state index contributed by atoms with van der Waals surface area (Å²) in [5.41, 5.74) is 2.59. The Bertz CT molecular complexity index is 1390. The highest BCUT2D eigenvalue weighted by Gasteiger charge is 2.34. The van der Waals surface area contributed by atoms with E-state index in [1.54, 1.807) is 19.9 Å². The van der Waals surface area contributed by atoms with Crippen molar-refractivity contribution in [1.82, 2.24) is 14.5 Å². The molecule has 2 amide bonds. The second-order valence-corrected chi connectivity index (χ2v) is 8.04. The number of fused-ring (bicyclic) bond motifs is 1. The van der Waals surface area contributed by atoms with Gasteiger partial charge in [0.2, 0.25) is 0 Å². The van der Waals surface area contributed by atoms with E-state index in [4.69, 9.17) is 0 Å². The van der Waals surface area contributed by atoms with Gasteiger partial charge in [0.25, 0.3) is 11.8 Å². The summed E-state index contributed by atoms with van der Waals surface area (Å²) in [6.45, 7) is 3.56. The molecule has 3 heterocycles. The Kier molecular flexibility index (Phi) is 5.29. The molecule has 2 aromatic heterocycles. The van der Waals surface area contributed by atoms with Gasteiger partial charge in [-0.2, -0.15) is 5.26 Å². The number of imide groups is 1. The molecule has 7 heteroatoms. The number of nitrogens with zero attached hydrogens (tertiary/aromatic N) is 4. The van der Waals surface area contributed by atoms with Gasteiger partial charge in [-0.3, -0.25) is 14.5 Å². The fourth-order valence-electron chi connectivity index (χ4n) is 3.39. The topological polar surface area (TPSA) is 79.0 Å². The zero-order valence-electron chi connectivity index (χ0n) is 17.3. The number of amides is 2. The van der Waals surface area contributed by atoms with Crippen molar-refractivity contribution < 1.29 is 9.59 Å². The lowest BCUT2D eigenvalue weighted by Crippen LogP contribution is -2.42. The SMILES string of the molecule is CCN1C(=O)C(C#N)=C(C)/C(=C/c2cc3c(nc(C#Cc4ccccc4)n3C)s2)C1=O. The summed E-state index contributed by atoms with van der Waals surface area (Å²) < 4.78 is 1.91. The third-order valence-corrected chi connectivity index (χ3v) is 6.08. The van der Waals surface area contributed by atoms with Crippen LogP contribution in [-0.2, 0) is 16.6 Å². The summed E-state index contributed by atoms with van der Waals surface area (Å²) in [5.74, 6) is 5.95. The molecular weight excluding hydrogens is 408 g/mol. The quantitative estimate of drug-likeness (QED) is 0.356. The first-order valence-corrected chi connectivity index (χ1v) is 10.5. The Hall–Kier alpha value is -3.94. The van der Waals surface area contributed by atoms with E-state index in [0.29, 0.717) is 17.0 Å². The van der Waals surface area contributed by atoms with Gasteiger partial charge in [0.15, 0.2) is 5.82 Å². The van der Waals surface area contributed by atoms with Crippen molar-refractivity contribution >= 4 is 39.6 Å². The molecule has 4 rings (SSSR count). The van der Waals surface area contributed by atoms with E-state index < -0.39 is 5.91 Å². The van der Waals surface area contributed by atoms with Gasteiger partial charge in [0, 0.05) is 29.6 Å². The lowest BCUT2D eigenvalue weighted by molar-refractivity contribution is -0.140. The molecule has 1 aromatic carbocycles. The predicted octanol–water partition coefficient (Wildman–Crippen LogP) is 3.65. The fraction of sp³-hybridized carbons (Fsp3) is 0.167. The van der Waals surface area contributed by atoms with Crippen LogP contribution in [0.1, 0.15) is 30.1 Å². The molecule has 0 bridgehead atoms. The van der Waals surface area contributed by atoms with Gasteiger partial charge < -0.3 is 4.57 Å². The van der Waals surface area contributed by atoms with E-state index >= 15 is 0 Å². The molecule has 0 radical (unpaired) electrons. The lowest BCUT2D eigenvalue weighted by Gasteiger charge is -2.26. The summed E-state index contributed by atoms with van der Waals surface area (Å²) in [7, 11) is 1.90. The zero-order valence-corrected chi connectivity index (χ0v) is 18.1. The maximum absolute atomic E-state index is 12.8. The number of nitriles is 1. The van der Waals surface area contributed by atoms with Crippen molar-refractivity contribution in [3.05, 3.63) is 69.4 Å². The lowest BCUT2D eigenvalue weighted by atomic mass is 9.95. The van der Waals surface area contributed by atoms with Crippen LogP contribution in [0.15, 0.2) is 53.1 Å². The first-order valence-electron chi connectivity index (χ1n) is 9.67. The van der Waals surface area contributed by atoms with Crippen LogP contribution in [0.2, 0.25) is 0 Å². The van der Waals surface area contributed by atoms with Gasteiger partial charge in [0.1, 0.15) is 16.5 Å². The number of carbonyl (C=O) groups excluding carboxylic acids is 2. The summed E-state index contributed by atoms with van der Waals surface area (Å²) in [5, 5.41) is 9.38. The van der Waals surface area contributed by atoms with E-state index in [2.05, 4.69) is 16.8 Å².